The minimum atomic E-state index is -1.52. The molecule has 11 nitrogen and oxygen atoms in total. The van der Waals surface area contributed by atoms with Gasteiger partial charge in [0.05, 0.1) is 52.2 Å². The van der Waals surface area contributed by atoms with Gasteiger partial charge < -0.3 is 29.0 Å². The van der Waals surface area contributed by atoms with Crippen molar-refractivity contribution in [3.8, 4) is 23.3 Å². The summed E-state index contributed by atoms with van der Waals surface area (Å²) in [5.74, 6) is 1.58. The van der Waals surface area contributed by atoms with Gasteiger partial charge in [-0.3, -0.25) is 4.57 Å². The Labute approximate surface area is 318 Å². The van der Waals surface area contributed by atoms with Crippen LogP contribution in [0.25, 0.3) is 5.69 Å². The topological polar surface area (TPSA) is 134 Å². The van der Waals surface area contributed by atoms with Crippen molar-refractivity contribution < 1.29 is 23.3 Å². The highest BCUT2D eigenvalue weighted by Gasteiger charge is 2.38. The van der Waals surface area contributed by atoms with Crippen LogP contribution in [0.15, 0.2) is 114 Å². The third kappa shape index (κ3) is 9.52. The molecule has 5 aromatic rings. The number of aromatic nitrogens is 2. The summed E-state index contributed by atoms with van der Waals surface area (Å²) < 4.78 is 34.5. The lowest BCUT2D eigenvalue weighted by molar-refractivity contribution is 0.000143. The third-order valence-electron chi connectivity index (χ3n) is 8.77. The number of anilines is 1. The van der Waals surface area contributed by atoms with Crippen LogP contribution in [-0.4, -0.2) is 47.1 Å². The van der Waals surface area contributed by atoms with E-state index in [4.69, 9.17) is 29.0 Å². The number of nitriles is 1. The van der Waals surface area contributed by atoms with Crippen LogP contribution in [-0.2, 0) is 32.6 Å². The second-order valence-electron chi connectivity index (χ2n) is 13.1. The summed E-state index contributed by atoms with van der Waals surface area (Å²) in [4.78, 5) is 17.1. The predicted octanol–water partition coefficient (Wildman–Crippen LogP) is 8.13. The molecule has 0 bridgehead atoms. The van der Waals surface area contributed by atoms with E-state index in [-0.39, 0.29) is 44.1 Å². The lowest BCUT2D eigenvalue weighted by Crippen LogP contribution is -2.33. The summed E-state index contributed by atoms with van der Waals surface area (Å²) in [6.45, 7) is 8.93. The number of ether oxygens (including phenoxy) is 3. The summed E-state index contributed by atoms with van der Waals surface area (Å²) >= 11 is 0. The SMILES string of the molecule is COc1ccc(C(OCc2cc(COP(OCCC#N)N(C(C)C)C(C)C)cc(-n3ccc(N)nc3=O)c2)(c2ccccc2)c2ccc(OC)cc2)cc1. The molecule has 0 spiro atoms. The molecule has 1 heterocycles. The van der Waals surface area contributed by atoms with Crippen LogP contribution in [0.1, 0.15) is 61.9 Å². The number of benzene rings is 4. The number of nitrogens with two attached hydrogens (primary N) is 1. The van der Waals surface area contributed by atoms with Crippen molar-refractivity contribution in [3.63, 3.8) is 0 Å². The first-order valence-electron chi connectivity index (χ1n) is 17.8. The number of methoxy groups -OCH3 is 2. The zero-order valence-electron chi connectivity index (χ0n) is 31.6. The quantitative estimate of drug-likeness (QED) is 0.0532. The Bertz CT molecular complexity index is 1990. The molecule has 1 unspecified atom stereocenters. The maximum atomic E-state index is 13.1. The van der Waals surface area contributed by atoms with E-state index in [1.165, 1.54) is 4.57 Å². The summed E-state index contributed by atoms with van der Waals surface area (Å²) in [5, 5.41) is 9.18. The molecule has 5 rings (SSSR count). The smallest absolute Gasteiger partial charge is 0.354 e. The zero-order valence-corrected chi connectivity index (χ0v) is 32.5. The average Bonchev–Trinajstić information content (AvgIpc) is 3.17. The van der Waals surface area contributed by atoms with Crippen LogP contribution in [0.5, 0.6) is 11.5 Å². The fourth-order valence-electron chi connectivity index (χ4n) is 6.37. The lowest BCUT2D eigenvalue weighted by atomic mass is 9.80. The molecule has 1 aromatic heterocycles. The maximum Gasteiger partial charge on any atom is 0.354 e. The standard InChI is InChI=1S/C42H48N5O6P/c1-30(2)47(31(3)4)54(52-24-10-22-43)53-29-33-25-32(26-37(27-33)46-23-21-40(44)45-41(46)48)28-51-42(34-11-8-7-9-12-34,35-13-17-38(49-5)18-14-35)36-15-19-39(50-6)20-16-36/h7-9,11-21,23,25-27,30-31H,10,24,28-29H2,1-6H3,(H2,44,45,48). The van der Waals surface area contributed by atoms with Gasteiger partial charge in [0.1, 0.15) is 22.9 Å². The number of nitrogen functional groups attached to an aromatic ring is 1. The van der Waals surface area contributed by atoms with E-state index in [1.807, 2.05) is 97.1 Å². The Morgan fingerprint density at radius 1 is 0.796 bits per heavy atom. The molecular weight excluding hydrogens is 701 g/mol. The van der Waals surface area contributed by atoms with Crippen LogP contribution in [0.2, 0.25) is 0 Å². The van der Waals surface area contributed by atoms with E-state index >= 15 is 0 Å². The Hall–Kier alpha value is -5.08. The van der Waals surface area contributed by atoms with Gasteiger partial charge >= 0.3 is 5.69 Å². The van der Waals surface area contributed by atoms with Crippen molar-refractivity contribution >= 4 is 14.3 Å². The molecule has 0 aliphatic rings. The first-order valence-corrected chi connectivity index (χ1v) is 18.9. The Kier molecular flexibility index (Phi) is 14.0. The van der Waals surface area contributed by atoms with E-state index in [0.29, 0.717) is 5.69 Å². The highest BCUT2D eigenvalue weighted by atomic mass is 31.2. The number of hydrogen-bond acceptors (Lipinski definition) is 10. The van der Waals surface area contributed by atoms with Crippen LogP contribution in [0, 0.1) is 11.3 Å². The fourth-order valence-corrected chi connectivity index (χ4v) is 7.97. The lowest BCUT2D eigenvalue weighted by Gasteiger charge is -2.36. The average molecular weight is 750 g/mol. The highest BCUT2D eigenvalue weighted by molar-refractivity contribution is 7.44. The van der Waals surface area contributed by atoms with E-state index in [0.717, 1.165) is 39.3 Å². The highest BCUT2D eigenvalue weighted by Crippen LogP contribution is 2.47. The van der Waals surface area contributed by atoms with Crippen molar-refractivity contribution in [1.29, 1.82) is 5.26 Å². The van der Waals surface area contributed by atoms with Crippen molar-refractivity contribution in [1.82, 2.24) is 14.2 Å². The van der Waals surface area contributed by atoms with Gasteiger partial charge in [0.25, 0.3) is 8.53 Å². The van der Waals surface area contributed by atoms with E-state index in [9.17, 15) is 10.1 Å². The first kappa shape index (κ1) is 40.1. The Balaban J connectivity index is 1.61. The molecule has 12 heteroatoms. The second kappa shape index (κ2) is 18.8. The van der Waals surface area contributed by atoms with Gasteiger partial charge in [-0.1, -0.05) is 60.7 Å². The Morgan fingerprint density at radius 3 is 1.87 bits per heavy atom. The molecular formula is C42H48N5O6P. The van der Waals surface area contributed by atoms with Gasteiger partial charge in [-0.05, 0) is 98.0 Å². The predicted molar refractivity (Wildman–Crippen MR) is 211 cm³/mol. The van der Waals surface area contributed by atoms with E-state index in [2.05, 4.69) is 43.4 Å². The van der Waals surface area contributed by atoms with Gasteiger partial charge in [-0.2, -0.15) is 10.2 Å². The van der Waals surface area contributed by atoms with E-state index in [1.54, 1.807) is 26.5 Å². The normalized spacial score (nSPS) is 12.2. The van der Waals surface area contributed by atoms with Crippen molar-refractivity contribution in [2.24, 2.45) is 0 Å². The molecule has 0 aliphatic heterocycles. The number of hydrogen-bond donors (Lipinski definition) is 1. The monoisotopic (exact) mass is 749 g/mol. The van der Waals surface area contributed by atoms with Crippen molar-refractivity contribution in [2.45, 2.75) is 65.0 Å². The molecule has 0 amide bonds. The van der Waals surface area contributed by atoms with Gasteiger partial charge in [0, 0.05) is 18.3 Å². The molecule has 282 valence electrons. The van der Waals surface area contributed by atoms with Crippen LogP contribution >= 0.6 is 8.53 Å². The van der Waals surface area contributed by atoms with Gasteiger partial charge in [-0.25, -0.2) is 9.46 Å². The van der Waals surface area contributed by atoms with Gasteiger partial charge in [0.15, 0.2) is 0 Å². The third-order valence-corrected chi connectivity index (χ3v) is 10.8. The fraction of sp³-hybridized carbons (Fsp3) is 0.310. The molecule has 2 N–H and O–H groups in total. The Morgan fingerprint density at radius 2 is 1.35 bits per heavy atom. The van der Waals surface area contributed by atoms with Crippen molar-refractivity contribution in [2.75, 3.05) is 26.6 Å². The number of nitrogens with zero attached hydrogens (tertiary/aromatic N) is 4. The largest absolute Gasteiger partial charge is 0.497 e. The molecule has 0 saturated heterocycles. The summed E-state index contributed by atoms with van der Waals surface area (Å²) in [5.41, 5.74) is 9.13. The van der Waals surface area contributed by atoms with Crippen LogP contribution in [0.4, 0.5) is 5.82 Å². The van der Waals surface area contributed by atoms with Crippen molar-refractivity contribution in [3.05, 3.63) is 148 Å². The minimum Gasteiger partial charge on any atom is -0.497 e. The first-order chi connectivity index (χ1) is 26.1. The summed E-state index contributed by atoms with van der Waals surface area (Å²) in [7, 11) is 1.76. The molecule has 0 radical (unpaired) electrons. The molecule has 4 aromatic carbocycles. The van der Waals surface area contributed by atoms with Gasteiger partial charge in [-0.15, -0.1) is 0 Å². The van der Waals surface area contributed by atoms with Gasteiger partial charge in [0.2, 0.25) is 0 Å². The summed E-state index contributed by atoms with van der Waals surface area (Å²) in [6.07, 6.45) is 1.86. The molecule has 54 heavy (non-hydrogen) atoms. The number of rotatable bonds is 18. The van der Waals surface area contributed by atoms with E-state index < -0.39 is 19.8 Å². The molecule has 0 saturated carbocycles. The maximum absolute atomic E-state index is 13.1. The molecule has 0 fully saturated rings. The molecule has 1 atom stereocenters. The summed E-state index contributed by atoms with van der Waals surface area (Å²) in [6, 6.07) is 35.6. The minimum absolute atomic E-state index is 0.133. The second-order valence-corrected chi connectivity index (χ2v) is 14.6. The van der Waals surface area contributed by atoms with Crippen LogP contribution < -0.4 is 20.9 Å². The molecule has 0 aliphatic carbocycles. The van der Waals surface area contributed by atoms with Crippen LogP contribution in [0.3, 0.4) is 0 Å². The zero-order chi connectivity index (χ0) is 38.7.